The molecule has 1 aliphatic rings. The van der Waals surface area contributed by atoms with Crippen molar-refractivity contribution in [1.82, 2.24) is 4.90 Å². The van der Waals surface area contributed by atoms with Gasteiger partial charge in [0, 0.05) is 18.8 Å². The van der Waals surface area contributed by atoms with Crippen molar-refractivity contribution in [3.05, 3.63) is 29.8 Å². The predicted octanol–water partition coefficient (Wildman–Crippen LogP) is 2.56. The molecular formula is C13H19ClN2O. The molecule has 1 saturated heterocycles. The van der Waals surface area contributed by atoms with Gasteiger partial charge < -0.3 is 10.6 Å². The molecule has 2 N–H and O–H groups in total. The molecule has 0 aliphatic carbocycles. The second-order valence-corrected chi connectivity index (χ2v) is 5.23. The van der Waals surface area contributed by atoms with E-state index in [4.69, 9.17) is 5.73 Å². The number of hydrogen-bond acceptors (Lipinski definition) is 2. The lowest BCUT2D eigenvalue weighted by atomic mass is 9.93. The van der Waals surface area contributed by atoms with E-state index in [0.717, 1.165) is 19.5 Å². The molecule has 4 heteroatoms. The van der Waals surface area contributed by atoms with E-state index in [1.54, 1.807) is 12.1 Å². The van der Waals surface area contributed by atoms with Crippen LogP contribution in [-0.4, -0.2) is 23.9 Å². The van der Waals surface area contributed by atoms with E-state index in [1.807, 2.05) is 17.0 Å². The summed E-state index contributed by atoms with van der Waals surface area (Å²) in [6, 6.07) is 7.27. The molecule has 1 aromatic carbocycles. The van der Waals surface area contributed by atoms with Crippen LogP contribution in [0.2, 0.25) is 0 Å². The molecule has 0 spiro atoms. The molecule has 1 aromatic rings. The lowest BCUT2D eigenvalue weighted by Crippen LogP contribution is -2.30. The minimum Gasteiger partial charge on any atom is -0.398 e. The zero-order valence-corrected chi connectivity index (χ0v) is 11.1. The average molecular weight is 255 g/mol. The van der Waals surface area contributed by atoms with Crippen molar-refractivity contribution in [1.29, 1.82) is 0 Å². The highest BCUT2D eigenvalue weighted by atomic mass is 35.5. The third-order valence-electron chi connectivity index (χ3n) is 3.16. The van der Waals surface area contributed by atoms with Crippen LogP contribution in [-0.2, 0) is 0 Å². The molecule has 2 rings (SSSR count). The van der Waals surface area contributed by atoms with Gasteiger partial charge in [-0.1, -0.05) is 26.0 Å². The van der Waals surface area contributed by atoms with Crippen molar-refractivity contribution in [2.75, 3.05) is 18.8 Å². The molecule has 17 heavy (non-hydrogen) atoms. The molecular weight excluding hydrogens is 236 g/mol. The molecule has 1 heterocycles. The van der Waals surface area contributed by atoms with E-state index in [9.17, 15) is 4.79 Å². The van der Waals surface area contributed by atoms with Gasteiger partial charge >= 0.3 is 0 Å². The average Bonchev–Trinajstić information content (AvgIpc) is 2.59. The topological polar surface area (TPSA) is 46.3 Å². The first-order valence-corrected chi connectivity index (χ1v) is 5.63. The first-order valence-electron chi connectivity index (χ1n) is 5.63. The number of rotatable bonds is 1. The maximum Gasteiger partial charge on any atom is 0.255 e. The second-order valence-electron chi connectivity index (χ2n) is 5.23. The third-order valence-corrected chi connectivity index (χ3v) is 3.16. The maximum atomic E-state index is 12.2. The van der Waals surface area contributed by atoms with Crippen LogP contribution in [0.15, 0.2) is 24.3 Å². The molecule has 0 radical (unpaired) electrons. The van der Waals surface area contributed by atoms with Crippen LogP contribution < -0.4 is 5.73 Å². The Labute approximate surface area is 108 Å². The molecule has 1 amide bonds. The lowest BCUT2D eigenvalue weighted by Gasteiger charge is -2.20. The summed E-state index contributed by atoms with van der Waals surface area (Å²) in [5.41, 5.74) is 7.24. The Hall–Kier alpha value is -1.22. The van der Waals surface area contributed by atoms with Crippen LogP contribution >= 0.6 is 12.4 Å². The number of carbonyl (C=O) groups excluding carboxylic acids is 1. The number of anilines is 1. The summed E-state index contributed by atoms with van der Waals surface area (Å²) in [5, 5.41) is 0. The summed E-state index contributed by atoms with van der Waals surface area (Å²) in [6.07, 6.45) is 1.06. The third kappa shape index (κ3) is 2.91. The van der Waals surface area contributed by atoms with E-state index < -0.39 is 0 Å². The largest absolute Gasteiger partial charge is 0.398 e. The molecule has 3 nitrogen and oxygen atoms in total. The van der Waals surface area contributed by atoms with Crippen molar-refractivity contribution >= 4 is 24.0 Å². The van der Waals surface area contributed by atoms with Gasteiger partial charge in [0.05, 0.1) is 5.56 Å². The second kappa shape index (κ2) is 4.96. The maximum absolute atomic E-state index is 12.2. The van der Waals surface area contributed by atoms with Gasteiger partial charge in [0.25, 0.3) is 5.91 Å². The fraction of sp³-hybridized carbons (Fsp3) is 0.462. The van der Waals surface area contributed by atoms with Gasteiger partial charge in [-0.25, -0.2) is 0 Å². The molecule has 0 saturated carbocycles. The standard InChI is InChI=1S/C13H18N2O.ClH/c1-13(2)7-8-15(9-13)12(16)10-5-3-4-6-11(10)14;/h3-6H,7-9,14H2,1-2H3;1H. The minimum absolute atomic E-state index is 0. The highest BCUT2D eigenvalue weighted by Gasteiger charge is 2.32. The SMILES string of the molecule is CC1(C)CCN(C(=O)c2ccccc2N)C1.Cl. The number of amides is 1. The van der Waals surface area contributed by atoms with Crippen molar-refractivity contribution in [3.8, 4) is 0 Å². The first-order chi connectivity index (χ1) is 7.49. The van der Waals surface area contributed by atoms with E-state index in [0.29, 0.717) is 11.3 Å². The summed E-state index contributed by atoms with van der Waals surface area (Å²) in [6.45, 7) is 6.03. The Morgan fingerprint density at radius 3 is 2.53 bits per heavy atom. The van der Waals surface area contributed by atoms with Crippen LogP contribution in [0.4, 0.5) is 5.69 Å². The molecule has 0 unspecified atom stereocenters. The summed E-state index contributed by atoms with van der Waals surface area (Å²) < 4.78 is 0. The van der Waals surface area contributed by atoms with Crippen molar-refractivity contribution in [2.45, 2.75) is 20.3 Å². The highest BCUT2D eigenvalue weighted by Crippen LogP contribution is 2.30. The van der Waals surface area contributed by atoms with Crippen LogP contribution in [0.25, 0.3) is 0 Å². The van der Waals surface area contributed by atoms with Crippen molar-refractivity contribution in [3.63, 3.8) is 0 Å². The zero-order chi connectivity index (χ0) is 11.8. The van der Waals surface area contributed by atoms with Crippen molar-refractivity contribution < 1.29 is 4.79 Å². The summed E-state index contributed by atoms with van der Waals surface area (Å²) in [4.78, 5) is 14.1. The van der Waals surface area contributed by atoms with Crippen LogP contribution in [0.1, 0.15) is 30.6 Å². The van der Waals surface area contributed by atoms with E-state index >= 15 is 0 Å². The van der Waals surface area contributed by atoms with Gasteiger partial charge in [-0.2, -0.15) is 0 Å². The highest BCUT2D eigenvalue weighted by molar-refractivity contribution is 5.99. The smallest absolute Gasteiger partial charge is 0.255 e. The van der Waals surface area contributed by atoms with Crippen LogP contribution in [0.5, 0.6) is 0 Å². The first kappa shape index (κ1) is 13.8. The number of carbonyl (C=O) groups is 1. The Morgan fingerprint density at radius 2 is 2.00 bits per heavy atom. The zero-order valence-electron chi connectivity index (χ0n) is 10.3. The van der Waals surface area contributed by atoms with E-state index in [-0.39, 0.29) is 23.7 Å². The fourth-order valence-electron chi connectivity index (χ4n) is 2.15. The van der Waals surface area contributed by atoms with E-state index in [2.05, 4.69) is 13.8 Å². The Balaban J connectivity index is 0.00000144. The molecule has 1 aliphatic heterocycles. The van der Waals surface area contributed by atoms with Gasteiger partial charge in [0.1, 0.15) is 0 Å². The molecule has 94 valence electrons. The summed E-state index contributed by atoms with van der Waals surface area (Å²) >= 11 is 0. The summed E-state index contributed by atoms with van der Waals surface area (Å²) in [5.74, 6) is 0.0590. The number of hydrogen-bond donors (Lipinski definition) is 1. The Bertz CT molecular complexity index is 418. The molecule has 0 aromatic heterocycles. The van der Waals surface area contributed by atoms with Crippen molar-refractivity contribution in [2.24, 2.45) is 5.41 Å². The monoisotopic (exact) mass is 254 g/mol. The summed E-state index contributed by atoms with van der Waals surface area (Å²) in [7, 11) is 0. The van der Waals surface area contributed by atoms with Crippen LogP contribution in [0.3, 0.4) is 0 Å². The Morgan fingerprint density at radius 1 is 1.35 bits per heavy atom. The normalized spacial score (nSPS) is 17.6. The van der Waals surface area contributed by atoms with Gasteiger partial charge in [-0.05, 0) is 24.0 Å². The molecule has 1 fully saturated rings. The minimum atomic E-state index is 0. The number of nitrogens with two attached hydrogens (primary N) is 1. The quantitative estimate of drug-likeness (QED) is 0.783. The van der Waals surface area contributed by atoms with Gasteiger partial charge in [0.2, 0.25) is 0 Å². The van der Waals surface area contributed by atoms with Gasteiger partial charge in [-0.3, -0.25) is 4.79 Å². The number of nitrogens with zero attached hydrogens (tertiary/aromatic N) is 1. The number of benzene rings is 1. The number of para-hydroxylation sites is 1. The number of likely N-dealkylation sites (tertiary alicyclic amines) is 1. The lowest BCUT2D eigenvalue weighted by molar-refractivity contribution is 0.0779. The van der Waals surface area contributed by atoms with Crippen LogP contribution in [0, 0.1) is 5.41 Å². The number of halogens is 1. The van der Waals surface area contributed by atoms with Gasteiger partial charge in [0.15, 0.2) is 0 Å². The molecule has 0 bridgehead atoms. The Kier molecular flexibility index (Phi) is 4.04. The van der Waals surface area contributed by atoms with E-state index in [1.165, 1.54) is 0 Å². The molecule has 0 atom stereocenters. The van der Waals surface area contributed by atoms with Gasteiger partial charge in [-0.15, -0.1) is 12.4 Å². The predicted molar refractivity (Wildman–Crippen MR) is 72.4 cm³/mol. The fourth-order valence-corrected chi connectivity index (χ4v) is 2.15. The number of nitrogen functional groups attached to an aromatic ring is 1.